The van der Waals surface area contributed by atoms with Gasteiger partial charge in [-0.05, 0) is 50.2 Å². The third kappa shape index (κ3) is 5.22. The molecule has 6 heteroatoms. The van der Waals surface area contributed by atoms with Gasteiger partial charge in [-0.15, -0.1) is 0 Å². The molecule has 0 radical (unpaired) electrons. The summed E-state index contributed by atoms with van der Waals surface area (Å²) in [6.45, 7) is 3.00. The molecule has 0 atom stereocenters. The van der Waals surface area contributed by atoms with Crippen LogP contribution in [-0.2, 0) is 0 Å². The van der Waals surface area contributed by atoms with Gasteiger partial charge in [0.05, 0.1) is 17.4 Å². The molecule has 1 saturated heterocycles. The zero-order chi connectivity index (χ0) is 21.5. The number of hydrogen-bond acceptors (Lipinski definition) is 5. The van der Waals surface area contributed by atoms with Crippen molar-refractivity contribution < 1.29 is 9.59 Å². The minimum atomic E-state index is -0.0877. The van der Waals surface area contributed by atoms with E-state index in [2.05, 4.69) is 14.9 Å². The highest BCUT2D eigenvalue weighted by molar-refractivity contribution is 6.05. The quantitative estimate of drug-likeness (QED) is 0.551. The summed E-state index contributed by atoms with van der Waals surface area (Å²) in [5.41, 5.74) is 2.12. The van der Waals surface area contributed by atoms with Crippen molar-refractivity contribution >= 4 is 17.4 Å². The number of hydrogen-bond donors (Lipinski definition) is 0. The fraction of sp³-hybridized carbons (Fsp3) is 0.280. The van der Waals surface area contributed by atoms with Crippen molar-refractivity contribution in [2.24, 2.45) is 5.92 Å². The Morgan fingerprint density at radius 1 is 0.871 bits per heavy atom. The summed E-state index contributed by atoms with van der Waals surface area (Å²) in [6.07, 6.45) is 8.34. The van der Waals surface area contributed by atoms with Crippen molar-refractivity contribution in [1.29, 1.82) is 0 Å². The van der Waals surface area contributed by atoms with Gasteiger partial charge < -0.3 is 9.80 Å². The molecular weight excluding hydrogens is 388 g/mol. The molecule has 0 aliphatic carbocycles. The number of aromatic nitrogens is 2. The fourth-order valence-corrected chi connectivity index (χ4v) is 4.00. The van der Waals surface area contributed by atoms with Gasteiger partial charge in [-0.2, -0.15) is 0 Å². The normalized spacial score (nSPS) is 14.8. The van der Waals surface area contributed by atoms with Crippen LogP contribution in [0.5, 0.6) is 0 Å². The van der Waals surface area contributed by atoms with E-state index in [9.17, 15) is 9.59 Å². The molecule has 0 saturated carbocycles. The molecule has 1 aliphatic rings. The Morgan fingerprint density at radius 3 is 2.19 bits per heavy atom. The maximum atomic E-state index is 13.1. The minimum Gasteiger partial charge on any atom is -0.305 e. The number of piperidine rings is 1. The largest absolute Gasteiger partial charge is 0.305 e. The molecule has 0 unspecified atom stereocenters. The van der Waals surface area contributed by atoms with E-state index in [0.717, 1.165) is 43.7 Å². The van der Waals surface area contributed by atoms with E-state index >= 15 is 0 Å². The number of amides is 1. The molecule has 0 bridgehead atoms. The van der Waals surface area contributed by atoms with Crippen LogP contribution >= 0.6 is 0 Å². The molecule has 1 amide bonds. The van der Waals surface area contributed by atoms with Crippen LogP contribution in [0, 0.1) is 5.92 Å². The van der Waals surface area contributed by atoms with E-state index in [-0.39, 0.29) is 17.6 Å². The van der Waals surface area contributed by atoms with Crippen molar-refractivity contribution in [1.82, 2.24) is 14.9 Å². The zero-order valence-corrected chi connectivity index (χ0v) is 17.4. The number of carbonyl (C=O) groups is 2. The predicted octanol–water partition coefficient (Wildman–Crippen LogP) is 3.72. The second kappa shape index (κ2) is 10.1. The molecule has 1 aliphatic heterocycles. The predicted molar refractivity (Wildman–Crippen MR) is 120 cm³/mol. The van der Waals surface area contributed by atoms with E-state index in [4.69, 9.17) is 0 Å². The first-order chi connectivity index (χ1) is 15.2. The zero-order valence-electron chi connectivity index (χ0n) is 17.4. The Bertz CT molecular complexity index is 988. The average Bonchev–Trinajstić information content (AvgIpc) is 2.86. The molecular formula is C25H26N4O2. The summed E-state index contributed by atoms with van der Waals surface area (Å²) in [4.78, 5) is 38.2. The molecule has 1 aromatic carbocycles. The molecule has 31 heavy (non-hydrogen) atoms. The van der Waals surface area contributed by atoms with E-state index in [1.165, 1.54) is 0 Å². The second-order valence-corrected chi connectivity index (χ2v) is 7.76. The molecule has 158 valence electrons. The van der Waals surface area contributed by atoms with Gasteiger partial charge in [0.1, 0.15) is 0 Å². The van der Waals surface area contributed by atoms with Crippen molar-refractivity contribution in [3.05, 3.63) is 90.5 Å². The molecule has 6 nitrogen and oxygen atoms in total. The van der Waals surface area contributed by atoms with E-state index in [1.54, 1.807) is 41.8 Å². The molecule has 1 fully saturated rings. The van der Waals surface area contributed by atoms with Gasteiger partial charge in [0, 0.05) is 43.2 Å². The first-order valence-electron chi connectivity index (χ1n) is 10.7. The standard InChI is InChI=1S/C25H26N4O2/c30-24(20-6-2-1-3-7-20)21-10-14-28(15-11-21)16-17-29(23-9-5-13-27-19-23)25(31)22-8-4-12-26-18-22/h1-9,12-13,18-19,21H,10-11,14-17H2. The fourth-order valence-electron chi connectivity index (χ4n) is 4.00. The lowest BCUT2D eigenvalue weighted by Gasteiger charge is -2.33. The SMILES string of the molecule is O=C(c1ccccc1)C1CCN(CCN(C(=O)c2cccnc2)c2cccnc2)CC1. The van der Waals surface area contributed by atoms with E-state index in [0.29, 0.717) is 12.1 Å². The molecule has 3 heterocycles. The van der Waals surface area contributed by atoms with E-state index < -0.39 is 0 Å². The highest BCUT2D eigenvalue weighted by Crippen LogP contribution is 2.22. The third-order valence-electron chi connectivity index (χ3n) is 5.77. The number of likely N-dealkylation sites (tertiary alicyclic amines) is 1. The van der Waals surface area contributed by atoms with Crippen LogP contribution in [0.4, 0.5) is 5.69 Å². The molecule has 4 rings (SSSR count). The second-order valence-electron chi connectivity index (χ2n) is 7.76. The lowest BCUT2D eigenvalue weighted by molar-refractivity contribution is 0.0841. The number of rotatable bonds is 7. The first-order valence-corrected chi connectivity index (χ1v) is 10.7. The topological polar surface area (TPSA) is 66.4 Å². The molecule has 3 aromatic rings. The van der Waals surface area contributed by atoms with Gasteiger partial charge in [0.25, 0.3) is 5.91 Å². The number of nitrogens with zero attached hydrogens (tertiary/aromatic N) is 4. The highest BCUT2D eigenvalue weighted by atomic mass is 16.2. The lowest BCUT2D eigenvalue weighted by atomic mass is 9.89. The van der Waals surface area contributed by atoms with Crippen molar-refractivity contribution in [2.45, 2.75) is 12.8 Å². The van der Waals surface area contributed by atoms with Gasteiger partial charge in [-0.3, -0.25) is 19.6 Å². The average molecular weight is 415 g/mol. The van der Waals surface area contributed by atoms with Gasteiger partial charge in [0.2, 0.25) is 0 Å². The minimum absolute atomic E-state index is 0.0742. The van der Waals surface area contributed by atoms with Gasteiger partial charge in [-0.1, -0.05) is 30.3 Å². The first kappa shape index (κ1) is 20.9. The van der Waals surface area contributed by atoms with Crippen molar-refractivity contribution in [3.63, 3.8) is 0 Å². The van der Waals surface area contributed by atoms with Crippen LogP contribution in [0.15, 0.2) is 79.4 Å². The summed E-state index contributed by atoms with van der Waals surface area (Å²) in [5.74, 6) is 0.226. The summed E-state index contributed by atoms with van der Waals surface area (Å²) >= 11 is 0. The Balaban J connectivity index is 1.37. The number of carbonyl (C=O) groups excluding carboxylic acids is 2. The van der Waals surface area contributed by atoms with Crippen LogP contribution in [0.2, 0.25) is 0 Å². The molecule has 0 N–H and O–H groups in total. The Hall–Kier alpha value is -3.38. The smallest absolute Gasteiger partial charge is 0.259 e. The Morgan fingerprint density at radius 2 is 1.55 bits per heavy atom. The molecule has 2 aromatic heterocycles. The van der Waals surface area contributed by atoms with Crippen molar-refractivity contribution in [2.75, 3.05) is 31.1 Å². The summed E-state index contributed by atoms with van der Waals surface area (Å²) < 4.78 is 0. The lowest BCUT2D eigenvalue weighted by Crippen LogP contribution is -2.43. The molecule has 0 spiro atoms. The maximum absolute atomic E-state index is 13.1. The highest BCUT2D eigenvalue weighted by Gasteiger charge is 2.26. The van der Waals surface area contributed by atoms with Gasteiger partial charge in [0.15, 0.2) is 5.78 Å². The maximum Gasteiger partial charge on any atom is 0.259 e. The summed E-state index contributed by atoms with van der Waals surface area (Å²) in [6, 6.07) is 16.8. The Kier molecular flexibility index (Phi) is 6.79. The number of anilines is 1. The Labute approximate surface area is 182 Å². The van der Waals surface area contributed by atoms with Crippen LogP contribution < -0.4 is 4.90 Å². The number of pyridine rings is 2. The number of benzene rings is 1. The summed E-state index contributed by atoms with van der Waals surface area (Å²) in [5, 5.41) is 0. The van der Waals surface area contributed by atoms with E-state index in [1.807, 2.05) is 42.5 Å². The third-order valence-corrected chi connectivity index (χ3v) is 5.77. The van der Waals surface area contributed by atoms with Crippen molar-refractivity contribution in [3.8, 4) is 0 Å². The van der Waals surface area contributed by atoms with Gasteiger partial charge in [-0.25, -0.2) is 0 Å². The summed E-state index contributed by atoms with van der Waals surface area (Å²) in [7, 11) is 0. The van der Waals surface area contributed by atoms with Crippen LogP contribution in [0.3, 0.4) is 0 Å². The monoisotopic (exact) mass is 414 g/mol. The number of ketones is 1. The van der Waals surface area contributed by atoms with Gasteiger partial charge >= 0.3 is 0 Å². The van der Waals surface area contributed by atoms with Crippen LogP contribution in [0.25, 0.3) is 0 Å². The number of Topliss-reactive ketones (excluding diaryl/α,β-unsaturated/α-hetero) is 1. The van der Waals surface area contributed by atoms with Crippen LogP contribution in [0.1, 0.15) is 33.6 Å². The van der Waals surface area contributed by atoms with Crippen LogP contribution in [-0.4, -0.2) is 52.7 Å².